The molecule has 18 heavy (non-hydrogen) atoms. The van der Waals surface area contributed by atoms with Crippen LogP contribution < -0.4 is 4.74 Å². The van der Waals surface area contributed by atoms with Crippen molar-refractivity contribution in [3.63, 3.8) is 0 Å². The zero-order valence-corrected chi connectivity index (χ0v) is 10.1. The molecule has 1 saturated carbocycles. The van der Waals surface area contributed by atoms with E-state index >= 15 is 0 Å². The Labute approximate surface area is 104 Å². The highest BCUT2D eigenvalue weighted by atomic mass is 16.6. The zero-order valence-electron chi connectivity index (χ0n) is 10.1. The maximum atomic E-state index is 11.9. The highest BCUT2D eigenvalue weighted by Crippen LogP contribution is 2.35. The van der Waals surface area contributed by atoms with Gasteiger partial charge in [0, 0.05) is 20.3 Å². The molecule has 0 unspecified atom stereocenters. The van der Waals surface area contributed by atoms with Gasteiger partial charge in [-0.2, -0.15) is 0 Å². The first kappa shape index (κ1) is 12.3. The molecule has 0 atom stereocenters. The van der Waals surface area contributed by atoms with E-state index in [1.807, 2.05) is 0 Å². The number of rotatable bonds is 4. The van der Waals surface area contributed by atoms with Gasteiger partial charge in [0.05, 0.1) is 11.0 Å². The summed E-state index contributed by atoms with van der Waals surface area (Å²) in [6, 6.07) is 0. The van der Waals surface area contributed by atoms with Gasteiger partial charge in [-0.3, -0.25) is 19.9 Å². The Hall–Kier alpha value is -2.18. The monoisotopic (exact) mass is 251 g/mol. The van der Waals surface area contributed by atoms with E-state index in [1.165, 1.54) is 11.1 Å². The SMILES string of the molecule is CN(C)C(=O)c1cncc([N+](=O)[O-])c1OC1CC1. The number of carbonyl (C=O) groups is 1. The van der Waals surface area contributed by atoms with Crippen LogP contribution >= 0.6 is 0 Å². The Kier molecular flexibility index (Phi) is 3.14. The lowest BCUT2D eigenvalue weighted by Crippen LogP contribution is -2.23. The number of amides is 1. The van der Waals surface area contributed by atoms with Crippen LogP contribution in [-0.4, -0.2) is 40.9 Å². The van der Waals surface area contributed by atoms with Gasteiger partial charge in [0.1, 0.15) is 11.8 Å². The fourth-order valence-corrected chi connectivity index (χ4v) is 1.44. The molecule has 0 aromatic carbocycles. The minimum atomic E-state index is -0.586. The minimum Gasteiger partial charge on any atom is -0.483 e. The number of hydrogen-bond donors (Lipinski definition) is 0. The third kappa shape index (κ3) is 2.39. The lowest BCUT2D eigenvalue weighted by Gasteiger charge is -2.14. The summed E-state index contributed by atoms with van der Waals surface area (Å²) in [5, 5.41) is 10.9. The summed E-state index contributed by atoms with van der Waals surface area (Å²) < 4.78 is 5.49. The summed E-state index contributed by atoms with van der Waals surface area (Å²) in [6.45, 7) is 0. The highest BCUT2D eigenvalue weighted by Gasteiger charge is 2.31. The van der Waals surface area contributed by atoms with Crippen molar-refractivity contribution in [1.82, 2.24) is 9.88 Å². The van der Waals surface area contributed by atoms with Crippen molar-refractivity contribution >= 4 is 11.6 Å². The second kappa shape index (κ2) is 4.59. The van der Waals surface area contributed by atoms with Crippen LogP contribution in [0, 0.1) is 10.1 Å². The molecule has 0 spiro atoms. The standard InChI is InChI=1S/C11H13N3O4/c1-13(2)11(15)8-5-12-6-9(14(16)17)10(8)18-7-3-4-7/h5-7H,3-4H2,1-2H3. The highest BCUT2D eigenvalue weighted by molar-refractivity contribution is 5.97. The Bertz CT molecular complexity index is 497. The number of aromatic nitrogens is 1. The van der Waals surface area contributed by atoms with Crippen molar-refractivity contribution in [2.75, 3.05) is 14.1 Å². The molecule has 7 nitrogen and oxygen atoms in total. The molecule has 0 N–H and O–H groups in total. The second-order valence-corrected chi connectivity index (χ2v) is 4.31. The van der Waals surface area contributed by atoms with Crippen molar-refractivity contribution in [1.29, 1.82) is 0 Å². The van der Waals surface area contributed by atoms with Gasteiger partial charge < -0.3 is 9.64 Å². The number of nitrogens with zero attached hydrogens (tertiary/aromatic N) is 3. The molecular weight excluding hydrogens is 238 g/mol. The van der Waals surface area contributed by atoms with Crippen molar-refractivity contribution in [2.24, 2.45) is 0 Å². The van der Waals surface area contributed by atoms with Gasteiger partial charge in [-0.1, -0.05) is 0 Å². The molecule has 0 radical (unpaired) electrons. The fraction of sp³-hybridized carbons (Fsp3) is 0.455. The van der Waals surface area contributed by atoms with E-state index in [0.29, 0.717) is 0 Å². The van der Waals surface area contributed by atoms with Gasteiger partial charge in [-0.15, -0.1) is 0 Å². The van der Waals surface area contributed by atoms with Gasteiger partial charge in [0.25, 0.3) is 5.91 Å². The van der Waals surface area contributed by atoms with E-state index in [4.69, 9.17) is 4.74 Å². The summed E-state index contributed by atoms with van der Waals surface area (Å²) >= 11 is 0. The summed E-state index contributed by atoms with van der Waals surface area (Å²) in [5.74, 6) is -0.335. The van der Waals surface area contributed by atoms with Crippen LogP contribution in [-0.2, 0) is 0 Å². The average Bonchev–Trinajstić information content (AvgIpc) is 3.11. The summed E-state index contributed by atoms with van der Waals surface area (Å²) in [7, 11) is 3.14. The number of nitro groups is 1. The molecule has 1 aromatic rings. The minimum absolute atomic E-state index is 0.0243. The van der Waals surface area contributed by atoms with Crippen LogP contribution in [0.25, 0.3) is 0 Å². The molecule has 1 aliphatic rings. The molecule has 1 aromatic heterocycles. The van der Waals surface area contributed by atoms with E-state index in [0.717, 1.165) is 19.0 Å². The Morgan fingerprint density at radius 3 is 2.67 bits per heavy atom. The predicted molar refractivity (Wildman–Crippen MR) is 62.6 cm³/mol. The van der Waals surface area contributed by atoms with Crippen LogP contribution in [0.1, 0.15) is 23.2 Å². The molecule has 0 saturated heterocycles. The number of pyridine rings is 1. The Balaban J connectivity index is 2.46. The molecule has 7 heteroatoms. The topological polar surface area (TPSA) is 85.6 Å². The smallest absolute Gasteiger partial charge is 0.329 e. The molecule has 1 fully saturated rings. The molecule has 1 heterocycles. The molecule has 0 bridgehead atoms. The van der Waals surface area contributed by atoms with E-state index in [1.54, 1.807) is 14.1 Å². The summed E-state index contributed by atoms with van der Waals surface area (Å²) in [6.07, 6.45) is 4.08. The number of hydrogen-bond acceptors (Lipinski definition) is 5. The molecule has 2 rings (SSSR count). The van der Waals surface area contributed by atoms with Crippen LogP contribution in [0.2, 0.25) is 0 Å². The molecular formula is C11H13N3O4. The van der Waals surface area contributed by atoms with Crippen LogP contribution in [0.5, 0.6) is 5.75 Å². The second-order valence-electron chi connectivity index (χ2n) is 4.31. The first-order valence-electron chi connectivity index (χ1n) is 5.51. The first-order chi connectivity index (χ1) is 8.50. The van der Waals surface area contributed by atoms with E-state index in [-0.39, 0.29) is 29.0 Å². The molecule has 1 aliphatic carbocycles. The third-order valence-corrected chi connectivity index (χ3v) is 2.52. The van der Waals surface area contributed by atoms with Crippen molar-refractivity contribution in [3.8, 4) is 5.75 Å². The zero-order chi connectivity index (χ0) is 13.3. The normalized spacial score (nSPS) is 14.1. The van der Waals surface area contributed by atoms with Gasteiger partial charge in [-0.05, 0) is 12.8 Å². The van der Waals surface area contributed by atoms with Crippen LogP contribution in [0.15, 0.2) is 12.4 Å². The largest absolute Gasteiger partial charge is 0.483 e. The van der Waals surface area contributed by atoms with Gasteiger partial charge >= 0.3 is 5.69 Å². The number of carbonyl (C=O) groups excluding carboxylic acids is 1. The Morgan fingerprint density at radius 2 is 2.17 bits per heavy atom. The Morgan fingerprint density at radius 1 is 1.50 bits per heavy atom. The van der Waals surface area contributed by atoms with Crippen molar-refractivity contribution in [2.45, 2.75) is 18.9 Å². The van der Waals surface area contributed by atoms with E-state index < -0.39 is 4.92 Å². The van der Waals surface area contributed by atoms with Crippen LogP contribution in [0.4, 0.5) is 5.69 Å². The maximum Gasteiger partial charge on any atom is 0.329 e. The van der Waals surface area contributed by atoms with Crippen molar-refractivity contribution in [3.05, 3.63) is 28.1 Å². The molecule has 1 amide bonds. The van der Waals surface area contributed by atoms with Gasteiger partial charge in [-0.25, -0.2) is 0 Å². The van der Waals surface area contributed by atoms with Crippen LogP contribution in [0.3, 0.4) is 0 Å². The van der Waals surface area contributed by atoms with E-state index in [9.17, 15) is 14.9 Å². The quantitative estimate of drug-likeness (QED) is 0.593. The average molecular weight is 251 g/mol. The fourth-order valence-electron chi connectivity index (χ4n) is 1.44. The lowest BCUT2D eigenvalue weighted by atomic mass is 10.2. The maximum absolute atomic E-state index is 11.9. The van der Waals surface area contributed by atoms with Gasteiger partial charge in [0.2, 0.25) is 5.75 Å². The molecule has 0 aliphatic heterocycles. The first-order valence-corrected chi connectivity index (χ1v) is 5.51. The summed E-state index contributed by atoms with van der Waals surface area (Å²) in [5.41, 5.74) is -0.143. The van der Waals surface area contributed by atoms with E-state index in [2.05, 4.69) is 4.98 Å². The predicted octanol–water partition coefficient (Wildman–Crippen LogP) is 1.23. The van der Waals surface area contributed by atoms with Gasteiger partial charge in [0.15, 0.2) is 0 Å². The molecule has 96 valence electrons. The third-order valence-electron chi connectivity index (χ3n) is 2.52. The summed E-state index contributed by atoms with van der Waals surface area (Å²) in [4.78, 5) is 27.3. The lowest BCUT2D eigenvalue weighted by molar-refractivity contribution is -0.386. The number of ether oxygens (including phenoxy) is 1. The van der Waals surface area contributed by atoms with Crippen molar-refractivity contribution < 1.29 is 14.5 Å².